The van der Waals surface area contributed by atoms with Gasteiger partial charge in [0, 0.05) is 19.2 Å². The van der Waals surface area contributed by atoms with Crippen molar-refractivity contribution in [1.29, 1.82) is 0 Å². The summed E-state index contributed by atoms with van der Waals surface area (Å²) in [4.78, 5) is 15.6. The molecule has 2 rings (SSSR count). The zero-order valence-electron chi connectivity index (χ0n) is 7.83. The first-order chi connectivity index (χ1) is 7.08. The van der Waals surface area contributed by atoms with Gasteiger partial charge < -0.3 is 15.7 Å². The summed E-state index contributed by atoms with van der Waals surface area (Å²) in [6.07, 6.45) is 0.790. The molecule has 7 nitrogen and oxygen atoms in total. The van der Waals surface area contributed by atoms with E-state index >= 15 is 0 Å². The lowest BCUT2D eigenvalue weighted by molar-refractivity contribution is -0.384. The Balaban J connectivity index is 2.22. The average molecular weight is 210 g/mol. The van der Waals surface area contributed by atoms with Crippen LogP contribution in [0.4, 0.5) is 17.2 Å². The number of anilines is 2. The number of hydrogen-bond donors (Lipinski definition) is 2. The van der Waals surface area contributed by atoms with Gasteiger partial charge in [0.1, 0.15) is 17.7 Å². The van der Waals surface area contributed by atoms with Gasteiger partial charge in [-0.3, -0.25) is 10.1 Å². The highest BCUT2D eigenvalue weighted by Gasteiger charge is 2.26. The number of nitro groups is 1. The van der Waals surface area contributed by atoms with Crippen molar-refractivity contribution in [3.05, 3.63) is 22.4 Å². The Bertz CT molecular complexity index is 403. The Morgan fingerprint density at radius 3 is 2.80 bits per heavy atom. The molecule has 0 bridgehead atoms. The highest BCUT2D eigenvalue weighted by molar-refractivity contribution is 5.63. The van der Waals surface area contributed by atoms with Gasteiger partial charge in [0.05, 0.1) is 11.0 Å². The van der Waals surface area contributed by atoms with Crippen molar-refractivity contribution >= 4 is 17.2 Å². The SMILES string of the molecule is Nc1cc(N2CC(O)C2)ncc1[N+](=O)[O-]. The zero-order valence-corrected chi connectivity index (χ0v) is 7.83. The second-order valence-electron chi connectivity index (χ2n) is 3.42. The highest BCUT2D eigenvalue weighted by atomic mass is 16.6. The van der Waals surface area contributed by atoms with Crippen LogP contribution in [0.3, 0.4) is 0 Å². The number of aromatic nitrogens is 1. The van der Waals surface area contributed by atoms with E-state index in [9.17, 15) is 10.1 Å². The van der Waals surface area contributed by atoms with Crippen LogP contribution in [0.5, 0.6) is 0 Å². The van der Waals surface area contributed by atoms with Crippen LogP contribution >= 0.6 is 0 Å². The Morgan fingerprint density at radius 2 is 2.33 bits per heavy atom. The molecular weight excluding hydrogens is 200 g/mol. The number of nitrogens with zero attached hydrogens (tertiary/aromatic N) is 3. The molecule has 3 N–H and O–H groups in total. The van der Waals surface area contributed by atoms with E-state index in [4.69, 9.17) is 10.8 Å². The van der Waals surface area contributed by atoms with Crippen LogP contribution in [0.15, 0.2) is 12.3 Å². The maximum atomic E-state index is 10.5. The molecule has 1 fully saturated rings. The second-order valence-corrected chi connectivity index (χ2v) is 3.42. The minimum Gasteiger partial charge on any atom is -0.393 e. The van der Waals surface area contributed by atoms with E-state index in [1.807, 2.05) is 0 Å². The topological polar surface area (TPSA) is 106 Å². The summed E-state index contributed by atoms with van der Waals surface area (Å²) in [5.74, 6) is 0.559. The van der Waals surface area contributed by atoms with E-state index in [1.165, 1.54) is 6.07 Å². The average Bonchev–Trinajstić information content (AvgIpc) is 2.12. The van der Waals surface area contributed by atoms with Crippen molar-refractivity contribution in [3.8, 4) is 0 Å². The Labute approximate surface area is 85.3 Å². The molecule has 0 aromatic carbocycles. The van der Waals surface area contributed by atoms with Crippen LogP contribution in [0, 0.1) is 10.1 Å². The van der Waals surface area contributed by atoms with E-state index in [0.29, 0.717) is 18.9 Å². The number of rotatable bonds is 2. The van der Waals surface area contributed by atoms with Crippen molar-refractivity contribution in [2.24, 2.45) is 0 Å². The molecular formula is C8H10N4O3. The molecule has 1 aliphatic rings. The number of β-amino-alcohol motifs (C(OH)–C–C–N with tert-alkyl or cyclic N) is 1. The monoisotopic (exact) mass is 210 g/mol. The third-order valence-corrected chi connectivity index (χ3v) is 2.28. The van der Waals surface area contributed by atoms with E-state index in [2.05, 4.69) is 4.98 Å². The van der Waals surface area contributed by atoms with E-state index < -0.39 is 4.92 Å². The van der Waals surface area contributed by atoms with Crippen LogP contribution in [0.2, 0.25) is 0 Å². The largest absolute Gasteiger partial charge is 0.393 e. The number of aliphatic hydroxyl groups is 1. The predicted molar refractivity (Wildman–Crippen MR) is 53.5 cm³/mol. The van der Waals surface area contributed by atoms with Crippen LogP contribution in [-0.4, -0.2) is 34.2 Å². The molecule has 0 amide bonds. The molecule has 0 radical (unpaired) electrons. The summed E-state index contributed by atoms with van der Waals surface area (Å²) in [6.45, 7) is 0.981. The first-order valence-electron chi connectivity index (χ1n) is 4.41. The molecule has 2 heterocycles. The normalized spacial score (nSPS) is 16.2. The zero-order chi connectivity index (χ0) is 11.0. The molecule has 1 aromatic heterocycles. The van der Waals surface area contributed by atoms with Gasteiger partial charge >= 0.3 is 5.69 Å². The lowest BCUT2D eigenvalue weighted by Crippen LogP contribution is -2.51. The molecule has 0 atom stereocenters. The Kier molecular flexibility index (Phi) is 2.16. The van der Waals surface area contributed by atoms with Gasteiger partial charge in [-0.2, -0.15) is 0 Å². The van der Waals surface area contributed by atoms with Crippen molar-refractivity contribution < 1.29 is 10.0 Å². The van der Waals surface area contributed by atoms with Crippen molar-refractivity contribution in [1.82, 2.24) is 4.98 Å². The Hall–Kier alpha value is -1.89. The molecule has 1 aliphatic heterocycles. The molecule has 0 aliphatic carbocycles. The summed E-state index contributed by atoms with van der Waals surface area (Å²) in [5, 5.41) is 19.6. The van der Waals surface area contributed by atoms with Crippen molar-refractivity contribution in [2.75, 3.05) is 23.7 Å². The summed E-state index contributed by atoms with van der Waals surface area (Å²) < 4.78 is 0. The fourth-order valence-corrected chi connectivity index (χ4v) is 1.42. The van der Waals surface area contributed by atoms with Crippen molar-refractivity contribution in [3.63, 3.8) is 0 Å². The van der Waals surface area contributed by atoms with Gasteiger partial charge in [0.2, 0.25) is 0 Å². The summed E-state index contributed by atoms with van der Waals surface area (Å²) in [7, 11) is 0. The van der Waals surface area contributed by atoms with Gasteiger partial charge in [-0.05, 0) is 0 Å². The maximum Gasteiger partial charge on any atom is 0.310 e. The van der Waals surface area contributed by atoms with Crippen LogP contribution in [0.1, 0.15) is 0 Å². The summed E-state index contributed by atoms with van der Waals surface area (Å²) >= 11 is 0. The van der Waals surface area contributed by atoms with Crippen molar-refractivity contribution in [2.45, 2.75) is 6.10 Å². The molecule has 0 unspecified atom stereocenters. The van der Waals surface area contributed by atoms with Gasteiger partial charge in [-0.1, -0.05) is 0 Å². The number of nitrogen functional groups attached to an aromatic ring is 1. The standard InChI is InChI=1S/C8H10N4O3/c9-6-1-8(11-3-5(13)4-11)10-2-7(6)12(14)15/h1-2,5,13H,3-4H2,(H2,9,10). The van der Waals surface area contributed by atoms with E-state index in [-0.39, 0.29) is 17.5 Å². The van der Waals surface area contributed by atoms with Gasteiger partial charge in [0.15, 0.2) is 0 Å². The van der Waals surface area contributed by atoms with Crippen LogP contribution < -0.4 is 10.6 Å². The molecule has 0 spiro atoms. The summed E-state index contributed by atoms with van der Waals surface area (Å²) in [5.41, 5.74) is 5.40. The first kappa shape index (κ1) is 9.66. The lowest BCUT2D eigenvalue weighted by Gasteiger charge is -2.36. The smallest absolute Gasteiger partial charge is 0.310 e. The molecule has 15 heavy (non-hydrogen) atoms. The summed E-state index contributed by atoms with van der Waals surface area (Å²) in [6, 6.07) is 1.45. The molecule has 1 aromatic rings. The second kappa shape index (κ2) is 3.35. The predicted octanol–water partition coefficient (Wildman–Crippen LogP) is -0.247. The number of aliphatic hydroxyl groups excluding tert-OH is 1. The first-order valence-corrected chi connectivity index (χ1v) is 4.41. The van der Waals surface area contributed by atoms with Gasteiger partial charge in [-0.25, -0.2) is 4.98 Å². The third-order valence-electron chi connectivity index (χ3n) is 2.28. The molecule has 1 saturated heterocycles. The van der Waals surface area contributed by atoms with Crippen LogP contribution in [-0.2, 0) is 0 Å². The third kappa shape index (κ3) is 1.68. The number of hydrogen-bond acceptors (Lipinski definition) is 6. The fraction of sp³-hybridized carbons (Fsp3) is 0.375. The highest BCUT2D eigenvalue weighted by Crippen LogP contribution is 2.26. The fourth-order valence-electron chi connectivity index (χ4n) is 1.42. The number of nitrogens with two attached hydrogens (primary N) is 1. The van der Waals surface area contributed by atoms with Crippen LogP contribution in [0.25, 0.3) is 0 Å². The number of pyridine rings is 1. The van der Waals surface area contributed by atoms with Gasteiger partial charge in [-0.15, -0.1) is 0 Å². The molecule has 80 valence electrons. The van der Waals surface area contributed by atoms with E-state index in [0.717, 1.165) is 6.20 Å². The molecule has 0 saturated carbocycles. The lowest BCUT2D eigenvalue weighted by atomic mass is 10.1. The minimum absolute atomic E-state index is 0.0892. The van der Waals surface area contributed by atoms with E-state index in [1.54, 1.807) is 4.90 Å². The quantitative estimate of drug-likeness (QED) is 0.515. The van der Waals surface area contributed by atoms with Gasteiger partial charge in [0.25, 0.3) is 0 Å². The minimum atomic E-state index is -0.572. The maximum absolute atomic E-state index is 10.5. The molecule has 7 heteroatoms. The Morgan fingerprint density at radius 1 is 1.67 bits per heavy atom.